The van der Waals surface area contributed by atoms with E-state index in [2.05, 4.69) is 0 Å². The number of hydrogen-bond donors (Lipinski definition) is 2. The quantitative estimate of drug-likeness (QED) is 0.226. The van der Waals surface area contributed by atoms with Gasteiger partial charge in [-0.2, -0.15) is 8.78 Å². The number of aliphatic hydroxyl groups is 1. The van der Waals surface area contributed by atoms with Crippen molar-refractivity contribution in [1.29, 1.82) is 0 Å². The van der Waals surface area contributed by atoms with Crippen LogP contribution in [0, 0.1) is 0 Å². The maximum absolute atomic E-state index is 14.2. The largest absolute Gasteiger partial charge is 1.00 e. The van der Waals surface area contributed by atoms with Gasteiger partial charge in [0.2, 0.25) is 6.23 Å². The minimum atomic E-state index is -5.24. The summed E-state index contributed by atoms with van der Waals surface area (Å²) in [4.78, 5) is 46.6. The number of ether oxygens (including phenoxy) is 1. The fourth-order valence-electron chi connectivity index (χ4n) is 2.20. The zero-order valence-electron chi connectivity index (χ0n) is 13.6. The minimum absolute atomic E-state index is 0. The summed E-state index contributed by atoms with van der Waals surface area (Å²) in [7, 11) is -5.24. The van der Waals surface area contributed by atoms with Crippen LogP contribution in [0.25, 0.3) is 6.08 Å². The van der Waals surface area contributed by atoms with E-state index in [0.29, 0.717) is 4.57 Å². The van der Waals surface area contributed by atoms with Gasteiger partial charge in [0, 0.05) is 12.4 Å². The normalized spacial score (nSPS) is 24.9. The minimum Gasteiger partial charge on any atom is -0.811 e. The average Bonchev–Trinajstić information content (AvgIpc) is 2.64. The van der Waals surface area contributed by atoms with E-state index in [4.69, 9.17) is 4.74 Å². The van der Waals surface area contributed by atoms with Gasteiger partial charge in [0.05, 0.1) is 11.7 Å². The third-order valence-electron chi connectivity index (χ3n) is 3.27. The molecule has 0 aliphatic carbocycles. The maximum atomic E-state index is 14.2. The Hall–Kier alpha value is 1.08. The molecule has 1 aliphatic rings. The summed E-state index contributed by atoms with van der Waals surface area (Å²) >= 11 is 1.76. The standard InChI is InChI=1S/C11H12F2IN2O7P.2Na/c12-11(13)7(17)6(4-24(20,21)22)23-9(11)16-3-5(1-2-14)8(18)15-10(16)19;;/h1-3,6-7,9,17H,4H2,(H,15,18,19)(H2,20,21,22);;/q;2*+1/p-2/b2-1+;;/t6-,7-,9-;;/m1../s1. The summed E-state index contributed by atoms with van der Waals surface area (Å²) in [5.41, 5.74) is -2.21. The fraction of sp³-hybridized carbons (Fsp3) is 0.455. The third-order valence-corrected chi connectivity index (χ3v) is 4.44. The molecule has 0 spiro atoms. The number of H-pyrrole nitrogens is 1. The number of nitrogens with one attached hydrogen (secondary N) is 1. The molecule has 2 N–H and O–H groups in total. The summed E-state index contributed by atoms with van der Waals surface area (Å²) in [5.74, 6) is -4.06. The summed E-state index contributed by atoms with van der Waals surface area (Å²) in [6.07, 6.45) is -6.33. The second kappa shape index (κ2) is 10.2. The van der Waals surface area contributed by atoms with Crippen molar-refractivity contribution in [3.8, 4) is 0 Å². The molecule has 1 saturated heterocycles. The molecule has 2 rings (SSSR count). The van der Waals surface area contributed by atoms with Gasteiger partial charge in [0.25, 0.3) is 5.56 Å². The molecule has 0 saturated carbocycles. The van der Waals surface area contributed by atoms with Gasteiger partial charge in [-0.15, -0.1) is 0 Å². The number of nitrogens with zero attached hydrogens (tertiary/aromatic N) is 1. The Balaban J connectivity index is 0.00000312. The maximum Gasteiger partial charge on any atom is 1.00 e. The first kappa shape index (κ1) is 27.1. The summed E-state index contributed by atoms with van der Waals surface area (Å²) in [5, 5.41) is 9.55. The van der Waals surface area contributed by atoms with Gasteiger partial charge in [-0.1, -0.05) is 30.2 Å². The van der Waals surface area contributed by atoms with E-state index >= 15 is 0 Å². The van der Waals surface area contributed by atoms with Crippen molar-refractivity contribution in [1.82, 2.24) is 9.55 Å². The first-order chi connectivity index (χ1) is 11.0. The molecule has 0 radical (unpaired) electrons. The Morgan fingerprint density at radius 3 is 2.50 bits per heavy atom. The Labute approximate surface area is 203 Å². The van der Waals surface area contributed by atoms with Crippen molar-refractivity contribution in [3.05, 3.63) is 36.7 Å². The van der Waals surface area contributed by atoms with Gasteiger partial charge < -0.3 is 24.2 Å². The molecule has 9 nitrogen and oxygen atoms in total. The van der Waals surface area contributed by atoms with Crippen LogP contribution in [0.1, 0.15) is 11.8 Å². The molecule has 0 amide bonds. The van der Waals surface area contributed by atoms with Gasteiger partial charge in [0.15, 0.2) is 0 Å². The Morgan fingerprint density at radius 1 is 1.42 bits per heavy atom. The van der Waals surface area contributed by atoms with Crippen molar-refractivity contribution < 1.29 is 92.1 Å². The Bertz CT molecular complexity index is 827. The number of aromatic nitrogens is 2. The molecule has 0 bridgehead atoms. The summed E-state index contributed by atoms with van der Waals surface area (Å²) < 4.78 is 45.6. The van der Waals surface area contributed by atoms with Crippen molar-refractivity contribution >= 4 is 36.3 Å². The first-order valence-electron chi connectivity index (χ1n) is 6.32. The second-order valence-corrected chi connectivity index (χ2v) is 7.29. The number of rotatable bonds is 4. The average molecular weight is 524 g/mol. The predicted molar refractivity (Wildman–Crippen MR) is 81.7 cm³/mol. The van der Waals surface area contributed by atoms with Gasteiger partial charge in [-0.05, 0) is 10.2 Å². The Kier molecular flexibility index (Phi) is 10.6. The SMILES string of the molecule is O=c1[nH]c(=O)n([C@@H]2O[C@H](CP(=O)([O-])[O-])[C@@H](O)C2(F)F)cc1/C=C/I.[Na+].[Na+]. The van der Waals surface area contributed by atoms with Crippen LogP contribution in [0.15, 0.2) is 19.9 Å². The molecule has 2 heterocycles. The summed E-state index contributed by atoms with van der Waals surface area (Å²) in [6.45, 7) is 0. The zero-order chi connectivity index (χ0) is 18.3. The number of halogens is 3. The van der Waals surface area contributed by atoms with E-state index in [1.165, 1.54) is 10.2 Å². The van der Waals surface area contributed by atoms with Crippen molar-refractivity contribution in [2.75, 3.05) is 6.16 Å². The van der Waals surface area contributed by atoms with Crippen molar-refractivity contribution in [2.24, 2.45) is 0 Å². The molecule has 26 heavy (non-hydrogen) atoms. The topological polar surface area (TPSA) is 148 Å². The van der Waals surface area contributed by atoms with E-state index in [9.17, 15) is 37.8 Å². The predicted octanol–water partition coefficient (Wildman–Crippen LogP) is -7.24. The first-order valence-corrected chi connectivity index (χ1v) is 9.29. The van der Waals surface area contributed by atoms with Crippen LogP contribution in [-0.2, 0) is 9.30 Å². The van der Waals surface area contributed by atoms with Gasteiger partial charge in [0.1, 0.15) is 6.10 Å². The molecule has 1 fully saturated rings. The van der Waals surface area contributed by atoms with Gasteiger partial charge in [-0.25, -0.2) is 4.79 Å². The van der Waals surface area contributed by atoms with E-state index in [1.807, 2.05) is 4.98 Å². The number of hydrogen-bond acceptors (Lipinski definition) is 7. The molecule has 15 heteroatoms. The van der Waals surface area contributed by atoms with Gasteiger partial charge >= 0.3 is 70.7 Å². The molecule has 0 unspecified atom stereocenters. The Morgan fingerprint density at radius 2 is 2.00 bits per heavy atom. The van der Waals surface area contributed by atoms with Crippen LogP contribution in [0.2, 0.25) is 0 Å². The van der Waals surface area contributed by atoms with Crippen molar-refractivity contribution in [2.45, 2.75) is 24.4 Å². The van der Waals surface area contributed by atoms with Crippen LogP contribution in [0.3, 0.4) is 0 Å². The molecule has 1 aromatic rings. The molecule has 0 aromatic carbocycles. The van der Waals surface area contributed by atoms with E-state index < -0.39 is 49.4 Å². The zero-order valence-corrected chi connectivity index (χ0v) is 20.6. The van der Waals surface area contributed by atoms with Crippen LogP contribution >= 0.6 is 30.2 Å². The molecule has 1 aliphatic heterocycles. The third kappa shape index (κ3) is 6.04. The molecular formula is C11H10F2IN2Na2O7P. The van der Waals surface area contributed by atoms with Crippen LogP contribution in [0.4, 0.5) is 8.78 Å². The second-order valence-electron chi connectivity index (χ2n) is 4.98. The van der Waals surface area contributed by atoms with Gasteiger partial charge in [-0.3, -0.25) is 14.3 Å². The number of aliphatic hydroxyl groups excluding tert-OH is 1. The summed E-state index contributed by atoms with van der Waals surface area (Å²) in [6, 6.07) is 0. The smallest absolute Gasteiger partial charge is 0.811 e. The molecule has 3 atom stereocenters. The van der Waals surface area contributed by atoms with E-state index in [0.717, 1.165) is 6.20 Å². The fourth-order valence-corrected chi connectivity index (χ4v) is 3.31. The number of aromatic amines is 1. The number of alkyl halides is 2. The van der Waals surface area contributed by atoms with E-state index in [1.54, 1.807) is 22.6 Å². The molecule has 1 aromatic heterocycles. The van der Waals surface area contributed by atoms with Crippen LogP contribution in [0.5, 0.6) is 0 Å². The monoisotopic (exact) mass is 524 g/mol. The van der Waals surface area contributed by atoms with Crippen molar-refractivity contribution in [3.63, 3.8) is 0 Å². The molecule has 134 valence electrons. The van der Waals surface area contributed by atoms with Crippen LogP contribution in [-0.4, -0.2) is 38.9 Å². The van der Waals surface area contributed by atoms with E-state index in [-0.39, 0.29) is 64.7 Å². The van der Waals surface area contributed by atoms with Crippen LogP contribution < -0.4 is 80.2 Å². The molecular weight excluding hydrogens is 514 g/mol.